The average Bonchev–Trinajstić information content (AvgIpc) is 3.19. The van der Waals surface area contributed by atoms with E-state index in [4.69, 9.17) is 0 Å². The highest BCUT2D eigenvalue weighted by Crippen LogP contribution is 2.33. The minimum atomic E-state index is -1.39. The van der Waals surface area contributed by atoms with Gasteiger partial charge in [0.1, 0.15) is 5.60 Å². The summed E-state index contributed by atoms with van der Waals surface area (Å²) in [7, 11) is 2.16. The number of benzene rings is 1. The third-order valence-electron chi connectivity index (χ3n) is 7.35. The summed E-state index contributed by atoms with van der Waals surface area (Å²) in [6.45, 7) is 8.16. The van der Waals surface area contributed by atoms with E-state index >= 15 is 0 Å². The molecule has 1 amide bonds. The molecule has 2 fully saturated rings. The van der Waals surface area contributed by atoms with Gasteiger partial charge in [-0.1, -0.05) is 25.1 Å². The Morgan fingerprint density at radius 2 is 1.85 bits per heavy atom. The van der Waals surface area contributed by atoms with Gasteiger partial charge in [-0.05, 0) is 57.0 Å². The molecule has 7 nitrogen and oxygen atoms in total. The van der Waals surface area contributed by atoms with Gasteiger partial charge in [-0.15, -0.1) is 0 Å². The lowest BCUT2D eigenvalue weighted by Crippen LogP contribution is -2.44. The summed E-state index contributed by atoms with van der Waals surface area (Å²) >= 11 is 0. The van der Waals surface area contributed by atoms with E-state index in [2.05, 4.69) is 46.1 Å². The average molecular weight is 453 g/mol. The quantitative estimate of drug-likeness (QED) is 0.672. The molecular formula is C26H36N4O3. The highest BCUT2D eigenvalue weighted by atomic mass is 16.3. The summed E-state index contributed by atoms with van der Waals surface area (Å²) in [6, 6.07) is 12.0. The zero-order valence-corrected chi connectivity index (χ0v) is 19.9. The number of nitrogens with zero attached hydrogens (tertiary/aromatic N) is 4. The van der Waals surface area contributed by atoms with Crippen molar-refractivity contribution in [2.45, 2.75) is 44.8 Å². The number of carbonyl (C=O) groups excluding carboxylic acids is 1. The van der Waals surface area contributed by atoms with Crippen LogP contribution in [-0.2, 0) is 16.8 Å². The number of amides is 1. The number of aliphatic hydroxyl groups excluding tert-OH is 1. The van der Waals surface area contributed by atoms with Gasteiger partial charge in [0, 0.05) is 44.3 Å². The fourth-order valence-electron chi connectivity index (χ4n) is 4.98. The van der Waals surface area contributed by atoms with E-state index in [0.717, 1.165) is 44.7 Å². The summed E-state index contributed by atoms with van der Waals surface area (Å²) < 4.78 is 0. The van der Waals surface area contributed by atoms with Crippen LogP contribution in [0.3, 0.4) is 0 Å². The van der Waals surface area contributed by atoms with Gasteiger partial charge in [0.15, 0.2) is 0 Å². The topological polar surface area (TPSA) is 80.1 Å². The number of hydrogen-bond donors (Lipinski definition) is 2. The first-order chi connectivity index (χ1) is 15.8. The van der Waals surface area contributed by atoms with Crippen LogP contribution in [0.4, 0.5) is 11.4 Å². The molecule has 3 heterocycles. The summed E-state index contributed by atoms with van der Waals surface area (Å²) in [5.41, 5.74) is 2.26. The van der Waals surface area contributed by atoms with Gasteiger partial charge in [0.25, 0.3) is 0 Å². The standard InChI is InChI=1S/C26H36N4O3/c1-4-26(33,19(2)31)24-10-9-22(18-27-24)30-12-11-21(25(30)32)17-20-7-5-6-8-23(20)29-15-13-28(3)14-16-29/h5-10,18-19,21,31,33H,4,11-17H2,1-3H3/t19-,21-,26?/m0/s1. The molecule has 0 bridgehead atoms. The fraction of sp³-hybridized carbons (Fsp3) is 0.538. The first-order valence-corrected chi connectivity index (χ1v) is 12.0. The van der Waals surface area contributed by atoms with Crippen molar-refractivity contribution in [2.24, 2.45) is 5.92 Å². The predicted molar refractivity (Wildman–Crippen MR) is 130 cm³/mol. The number of anilines is 2. The molecule has 0 spiro atoms. The second kappa shape index (κ2) is 9.79. The number of pyridine rings is 1. The van der Waals surface area contributed by atoms with Gasteiger partial charge in [-0.3, -0.25) is 9.78 Å². The normalized spacial score (nSPS) is 22.5. The molecule has 1 aromatic heterocycles. The number of piperazine rings is 1. The van der Waals surface area contributed by atoms with E-state index in [-0.39, 0.29) is 11.8 Å². The van der Waals surface area contributed by atoms with E-state index in [1.54, 1.807) is 24.1 Å². The van der Waals surface area contributed by atoms with Crippen molar-refractivity contribution in [1.82, 2.24) is 9.88 Å². The summed E-state index contributed by atoms with van der Waals surface area (Å²) in [5.74, 6) is 0.0716. The van der Waals surface area contributed by atoms with Crippen molar-refractivity contribution in [2.75, 3.05) is 49.6 Å². The third kappa shape index (κ3) is 4.76. The molecule has 2 N–H and O–H groups in total. The molecule has 1 unspecified atom stereocenters. The molecule has 33 heavy (non-hydrogen) atoms. The van der Waals surface area contributed by atoms with Crippen molar-refractivity contribution in [3.8, 4) is 0 Å². The van der Waals surface area contributed by atoms with Gasteiger partial charge < -0.3 is 24.9 Å². The number of aliphatic hydroxyl groups is 2. The van der Waals surface area contributed by atoms with Gasteiger partial charge in [0.2, 0.25) is 5.91 Å². The Bertz CT molecular complexity index is 956. The smallest absolute Gasteiger partial charge is 0.230 e. The Labute approximate surface area is 196 Å². The zero-order chi connectivity index (χ0) is 23.6. The number of hydrogen-bond acceptors (Lipinski definition) is 6. The molecule has 7 heteroatoms. The molecule has 2 aliphatic rings. The molecule has 2 saturated heterocycles. The largest absolute Gasteiger partial charge is 0.390 e. The Balaban J connectivity index is 1.46. The van der Waals surface area contributed by atoms with Crippen LogP contribution in [0.2, 0.25) is 0 Å². The number of carbonyl (C=O) groups is 1. The minimum Gasteiger partial charge on any atom is -0.390 e. The molecule has 3 atom stereocenters. The predicted octanol–water partition coefficient (Wildman–Crippen LogP) is 2.41. The maximum Gasteiger partial charge on any atom is 0.230 e. The van der Waals surface area contributed by atoms with E-state index in [1.165, 1.54) is 11.3 Å². The maximum absolute atomic E-state index is 13.3. The van der Waals surface area contributed by atoms with Gasteiger partial charge >= 0.3 is 0 Å². The zero-order valence-electron chi connectivity index (χ0n) is 19.9. The Hall–Kier alpha value is -2.48. The molecule has 0 radical (unpaired) electrons. The van der Waals surface area contributed by atoms with Crippen LogP contribution in [0, 0.1) is 5.92 Å². The molecule has 2 aliphatic heterocycles. The number of likely N-dealkylation sites (N-methyl/N-ethyl adjacent to an activating group) is 1. The monoisotopic (exact) mass is 452 g/mol. The highest BCUT2D eigenvalue weighted by molar-refractivity contribution is 5.97. The van der Waals surface area contributed by atoms with Crippen LogP contribution < -0.4 is 9.80 Å². The van der Waals surface area contributed by atoms with Crippen molar-refractivity contribution < 1.29 is 15.0 Å². The third-order valence-corrected chi connectivity index (χ3v) is 7.35. The first kappa shape index (κ1) is 23.7. The van der Waals surface area contributed by atoms with Gasteiger partial charge in [-0.25, -0.2) is 0 Å². The maximum atomic E-state index is 13.3. The minimum absolute atomic E-state index is 0.0525. The van der Waals surface area contributed by atoms with Crippen LogP contribution in [-0.4, -0.2) is 71.9 Å². The highest BCUT2D eigenvalue weighted by Gasteiger charge is 2.36. The molecule has 2 aromatic rings. The van der Waals surface area contributed by atoms with Crippen molar-refractivity contribution in [3.63, 3.8) is 0 Å². The molecule has 0 saturated carbocycles. The molecule has 0 aliphatic carbocycles. The lowest BCUT2D eigenvalue weighted by Gasteiger charge is -2.35. The second-order valence-electron chi connectivity index (χ2n) is 9.45. The molecular weight excluding hydrogens is 416 g/mol. The van der Waals surface area contributed by atoms with E-state index in [1.807, 2.05) is 13.0 Å². The Kier molecular flexibility index (Phi) is 7.02. The van der Waals surface area contributed by atoms with E-state index < -0.39 is 11.7 Å². The summed E-state index contributed by atoms with van der Waals surface area (Å²) in [4.78, 5) is 24.3. The van der Waals surface area contributed by atoms with E-state index in [9.17, 15) is 15.0 Å². The number of aromatic nitrogens is 1. The van der Waals surface area contributed by atoms with Gasteiger partial charge in [-0.2, -0.15) is 0 Å². The van der Waals surface area contributed by atoms with Crippen LogP contribution >= 0.6 is 0 Å². The fourth-order valence-corrected chi connectivity index (χ4v) is 4.98. The Morgan fingerprint density at radius 3 is 2.48 bits per heavy atom. The first-order valence-electron chi connectivity index (χ1n) is 12.0. The molecule has 4 rings (SSSR count). The Morgan fingerprint density at radius 1 is 1.12 bits per heavy atom. The van der Waals surface area contributed by atoms with Crippen molar-refractivity contribution in [1.29, 1.82) is 0 Å². The van der Waals surface area contributed by atoms with Crippen LogP contribution in [0.5, 0.6) is 0 Å². The van der Waals surface area contributed by atoms with Crippen LogP contribution in [0.15, 0.2) is 42.6 Å². The summed E-state index contributed by atoms with van der Waals surface area (Å²) in [5, 5.41) is 20.7. The summed E-state index contributed by atoms with van der Waals surface area (Å²) in [6.07, 6.45) is 2.61. The van der Waals surface area contributed by atoms with Gasteiger partial charge in [0.05, 0.1) is 23.7 Å². The van der Waals surface area contributed by atoms with Crippen LogP contribution in [0.1, 0.15) is 37.9 Å². The van der Waals surface area contributed by atoms with Crippen molar-refractivity contribution in [3.05, 3.63) is 53.9 Å². The van der Waals surface area contributed by atoms with E-state index in [0.29, 0.717) is 18.7 Å². The molecule has 1 aromatic carbocycles. The number of rotatable bonds is 7. The second-order valence-corrected chi connectivity index (χ2v) is 9.45. The van der Waals surface area contributed by atoms with Crippen LogP contribution in [0.25, 0.3) is 0 Å². The molecule has 178 valence electrons. The lowest BCUT2D eigenvalue weighted by atomic mass is 9.90. The number of para-hydroxylation sites is 1. The lowest BCUT2D eigenvalue weighted by molar-refractivity contribution is -0.120. The SMILES string of the molecule is CCC(O)(c1ccc(N2CC[C@@H](Cc3ccccc3N3CCN(C)CC3)C2=O)cn1)[C@H](C)O. The van der Waals surface area contributed by atoms with Crippen molar-refractivity contribution >= 4 is 17.3 Å².